The number of fused-ring (bicyclic) bond motifs is 12. The van der Waals surface area contributed by atoms with E-state index in [4.69, 9.17) is 0 Å². The first-order valence-corrected chi connectivity index (χ1v) is 20.6. The summed E-state index contributed by atoms with van der Waals surface area (Å²) < 4.78 is 2.93. The summed E-state index contributed by atoms with van der Waals surface area (Å²) >= 11 is 6.08. The monoisotopic (exact) mass is 692 g/mol. The van der Waals surface area contributed by atoms with Gasteiger partial charge < -0.3 is 0 Å². The minimum Gasteiger partial charge on any atom is -0.142 e. The molecule has 51 heavy (non-hydrogen) atoms. The molecular weight excluding hydrogens is 673 g/mol. The minimum absolute atomic E-state index is 0.380. The van der Waals surface area contributed by atoms with E-state index in [0.29, 0.717) is 5.92 Å². The molecule has 12 aromatic carbocycles. The van der Waals surface area contributed by atoms with E-state index < -0.39 is 0 Å². The topological polar surface area (TPSA) is 0 Å². The van der Waals surface area contributed by atoms with Crippen LogP contribution in [-0.4, -0.2) is 5.75 Å². The van der Waals surface area contributed by atoms with E-state index in [2.05, 4.69) is 114 Å². The standard InChI is InChI=1S/C48H20S3/c1-4-10-22-19(7-1)13-25-34-31(22)28-16-50-47-26-14-20-8-3-6-12-24(20)33-30-18-51-48-27-15-21-9-2-5-11-23(21)32-29-17-49-46(25)38(29)44-40(34)43(37(28)47)41(35(26)33)45(39(30)48)42(44)36(27)32/h1-17,30H,18H2. The molecule has 3 heterocycles. The van der Waals surface area contributed by atoms with Gasteiger partial charge in [0, 0.05) is 79.8 Å². The number of hydrogen-bond acceptors (Lipinski definition) is 3. The molecule has 0 spiro atoms. The first-order chi connectivity index (χ1) is 25.3. The predicted molar refractivity (Wildman–Crippen MR) is 227 cm³/mol. The predicted octanol–water partition coefficient (Wildman–Crippen LogP) is 15.1. The van der Waals surface area contributed by atoms with Crippen molar-refractivity contribution >= 4 is 173 Å². The van der Waals surface area contributed by atoms with Crippen molar-refractivity contribution in [2.24, 2.45) is 0 Å². The molecule has 230 valence electrons. The van der Waals surface area contributed by atoms with Gasteiger partial charge in [0.1, 0.15) is 0 Å². The van der Waals surface area contributed by atoms with Crippen LogP contribution in [0.15, 0.2) is 107 Å². The molecule has 0 radical (unpaired) electrons. The van der Waals surface area contributed by atoms with Crippen LogP contribution >= 0.6 is 34.4 Å². The van der Waals surface area contributed by atoms with Gasteiger partial charge in [0.25, 0.3) is 0 Å². The smallest absolute Gasteiger partial charge is 0.0434 e. The number of thiophene rings is 2. The molecule has 0 N–H and O–H groups in total. The van der Waals surface area contributed by atoms with Crippen LogP contribution in [0.4, 0.5) is 0 Å². The van der Waals surface area contributed by atoms with Gasteiger partial charge in [-0.1, -0.05) is 72.8 Å². The molecule has 3 heteroatoms. The lowest BCUT2D eigenvalue weighted by molar-refractivity contribution is 0.974. The molecule has 0 saturated carbocycles. The van der Waals surface area contributed by atoms with E-state index in [9.17, 15) is 0 Å². The normalized spacial score (nSPS) is 16.3. The first-order valence-electron chi connectivity index (χ1n) is 17.9. The van der Waals surface area contributed by atoms with Crippen LogP contribution < -0.4 is 0 Å². The second kappa shape index (κ2) is 7.68. The van der Waals surface area contributed by atoms with Crippen LogP contribution in [-0.2, 0) is 0 Å². The van der Waals surface area contributed by atoms with Crippen molar-refractivity contribution in [3.05, 3.63) is 113 Å². The zero-order valence-electron chi connectivity index (χ0n) is 26.8. The Balaban J connectivity index is 1.41. The Morgan fingerprint density at radius 2 is 0.863 bits per heavy atom. The lowest BCUT2D eigenvalue weighted by Crippen LogP contribution is -2.09. The van der Waals surface area contributed by atoms with Crippen LogP contribution in [0.1, 0.15) is 17.0 Å². The maximum atomic E-state index is 2.56. The maximum Gasteiger partial charge on any atom is 0.0434 e. The number of benzene rings is 12. The highest BCUT2D eigenvalue weighted by atomic mass is 32.2. The number of thioether (sulfide) groups is 1. The van der Waals surface area contributed by atoms with Gasteiger partial charge >= 0.3 is 0 Å². The van der Waals surface area contributed by atoms with E-state index in [0.717, 1.165) is 5.75 Å². The summed E-state index contributed by atoms with van der Waals surface area (Å²) in [5.41, 5.74) is 3.19. The molecular formula is C48H20S3. The van der Waals surface area contributed by atoms with Crippen LogP contribution in [0.2, 0.25) is 0 Å². The summed E-state index contributed by atoms with van der Waals surface area (Å²) in [5, 5.41) is 40.2. The molecule has 1 aliphatic carbocycles. The highest BCUT2D eigenvalue weighted by Gasteiger charge is 2.40. The van der Waals surface area contributed by atoms with Crippen molar-refractivity contribution in [1.82, 2.24) is 0 Å². The van der Waals surface area contributed by atoms with Gasteiger partial charge in [0.15, 0.2) is 0 Å². The maximum absolute atomic E-state index is 2.56. The SMILES string of the molecule is c1ccc2c3c4c(cc2c1)c1scc2c5c6ccccc6cc6c7scc8c9c%10ccccc%10cc%10c%11c(c%12c4c(c21)c(c65)c(c87)c%12c%109)C3CS%11. The third-order valence-electron chi connectivity index (χ3n) is 13.4. The van der Waals surface area contributed by atoms with Gasteiger partial charge in [-0.15, -0.1) is 34.4 Å². The Morgan fingerprint density at radius 1 is 0.373 bits per heavy atom. The van der Waals surface area contributed by atoms with E-state index in [-0.39, 0.29) is 0 Å². The Kier molecular flexibility index (Phi) is 3.75. The van der Waals surface area contributed by atoms with E-state index >= 15 is 0 Å². The van der Waals surface area contributed by atoms with E-state index in [1.807, 2.05) is 22.7 Å². The molecule has 1 atom stereocenters. The quantitative estimate of drug-likeness (QED) is 0.113. The first kappa shape index (κ1) is 24.9. The van der Waals surface area contributed by atoms with Gasteiger partial charge in [-0.3, -0.25) is 0 Å². The highest BCUT2D eigenvalue weighted by Crippen LogP contribution is 2.66. The third-order valence-corrected chi connectivity index (χ3v) is 16.7. The van der Waals surface area contributed by atoms with Gasteiger partial charge in [-0.05, 0) is 115 Å². The van der Waals surface area contributed by atoms with Crippen LogP contribution in [0.3, 0.4) is 0 Å². The van der Waals surface area contributed by atoms with Crippen LogP contribution in [0, 0.1) is 0 Å². The van der Waals surface area contributed by atoms with Crippen molar-refractivity contribution in [3.8, 4) is 0 Å². The molecule has 2 aliphatic rings. The Bertz CT molecular complexity index is 3960. The van der Waals surface area contributed by atoms with Gasteiger partial charge in [-0.25, -0.2) is 0 Å². The largest absolute Gasteiger partial charge is 0.142 e. The third kappa shape index (κ3) is 2.35. The average Bonchev–Trinajstić information content (AvgIpc) is 3.94. The second-order valence-electron chi connectivity index (χ2n) is 15.3. The summed E-state index contributed by atoms with van der Waals surface area (Å²) in [6.45, 7) is 0. The Labute approximate surface area is 300 Å². The molecule has 2 aromatic heterocycles. The van der Waals surface area contributed by atoms with Crippen molar-refractivity contribution in [2.75, 3.05) is 5.75 Å². The molecule has 16 rings (SSSR count). The molecule has 0 fully saturated rings. The Hall–Kier alpha value is -5.19. The highest BCUT2D eigenvalue weighted by molar-refractivity contribution is 8.00. The summed E-state index contributed by atoms with van der Waals surface area (Å²) in [4.78, 5) is 1.53. The van der Waals surface area contributed by atoms with Gasteiger partial charge in [0.05, 0.1) is 0 Å². The Morgan fingerprint density at radius 3 is 1.53 bits per heavy atom. The average molecular weight is 693 g/mol. The minimum atomic E-state index is 0.380. The zero-order valence-corrected chi connectivity index (χ0v) is 29.3. The summed E-state index contributed by atoms with van der Waals surface area (Å²) in [6.07, 6.45) is 0. The summed E-state index contributed by atoms with van der Waals surface area (Å²) in [7, 11) is 0. The summed E-state index contributed by atoms with van der Waals surface area (Å²) in [6, 6.07) is 35.3. The lowest BCUT2D eigenvalue weighted by atomic mass is 9.71. The zero-order chi connectivity index (χ0) is 32.2. The van der Waals surface area contributed by atoms with Gasteiger partial charge in [-0.2, -0.15) is 0 Å². The fourth-order valence-electron chi connectivity index (χ4n) is 11.8. The number of rotatable bonds is 0. The second-order valence-corrected chi connectivity index (χ2v) is 18.1. The molecule has 0 saturated heterocycles. The molecule has 1 aliphatic heterocycles. The molecule has 0 nitrogen and oxygen atoms in total. The molecule has 0 amide bonds. The van der Waals surface area contributed by atoms with Crippen molar-refractivity contribution in [3.63, 3.8) is 0 Å². The number of hydrogen-bond donors (Lipinski definition) is 0. The lowest BCUT2D eigenvalue weighted by Gasteiger charge is -2.31. The van der Waals surface area contributed by atoms with E-state index in [1.54, 1.807) is 16.5 Å². The van der Waals surface area contributed by atoms with Crippen molar-refractivity contribution in [1.29, 1.82) is 0 Å². The van der Waals surface area contributed by atoms with Crippen LogP contribution in [0.5, 0.6) is 0 Å². The molecule has 1 unspecified atom stereocenters. The molecule has 0 bridgehead atoms. The summed E-state index contributed by atoms with van der Waals surface area (Å²) in [5.74, 6) is 1.48. The molecule has 14 aromatic rings. The fourth-order valence-corrected chi connectivity index (χ4v) is 15.3. The fraction of sp³-hybridized carbons (Fsp3) is 0.0417. The van der Waals surface area contributed by atoms with E-state index in [1.165, 1.54) is 138 Å². The van der Waals surface area contributed by atoms with Gasteiger partial charge in [0.2, 0.25) is 0 Å². The van der Waals surface area contributed by atoms with Crippen molar-refractivity contribution < 1.29 is 0 Å². The van der Waals surface area contributed by atoms with Crippen molar-refractivity contribution in [2.45, 2.75) is 10.8 Å². The van der Waals surface area contributed by atoms with Crippen LogP contribution in [0.25, 0.3) is 139 Å².